The zero-order valence-corrected chi connectivity index (χ0v) is 15.8. The first-order valence-electron chi connectivity index (χ1n) is 8.32. The highest BCUT2D eigenvalue weighted by molar-refractivity contribution is 7.17. The maximum Gasteiger partial charge on any atom is 0.414 e. The largest absolute Gasteiger partial charge is 0.442 e. The van der Waals surface area contributed by atoms with Crippen LogP contribution >= 0.6 is 11.3 Å². The molecule has 29 heavy (non-hydrogen) atoms. The number of benzene rings is 1. The van der Waals surface area contributed by atoms with Crippen LogP contribution in [0.25, 0.3) is 0 Å². The molecule has 2 N–H and O–H groups in total. The number of nitrogens with zero attached hydrogens (tertiary/aromatic N) is 2. The average molecular weight is 422 g/mol. The Hall–Kier alpha value is -3.54. The number of carbonyl (C=O) groups excluding carboxylic acids is 3. The van der Waals surface area contributed by atoms with Crippen LogP contribution in [0.15, 0.2) is 30.3 Å². The summed E-state index contributed by atoms with van der Waals surface area (Å²) in [5, 5.41) is 15.4. The van der Waals surface area contributed by atoms with E-state index >= 15 is 0 Å². The first-order chi connectivity index (χ1) is 13.7. The zero-order chi connectivity index (χ0) is 21.1. The SMILES string of the molecule is CC(=O)NC[C@H]1CN(c2ccc(NC(=O)c3ccc([N+](=O)[O-])s3)c(F)c2)C(=O)O1. The predicted molar refractivity (Wildman–Crippen MR) is 102 cm³/mol. The third-order valence-corrected chi connectivity index (χ3v) is 5.00. The molecule has 3 amide bonds. The lowest BCUT2D eigenvalue weighted by Crippen LogP contribution is -2.33. The molecule has 0 radical (unpaired) electrons. The van der Waals surface area contributed by atoms with Crippen LogP contribution in [-0.2, 0) is 9.53 Å². The van der Waals surface area contributed by atoms with E-state index in [1.165, 1.54) is 36.1 Å². The summed E-state index contributed by atoms with van der Waals surface area (Å²) >= 11 is 0.672. The van der Waals surface area contributed by atoms with E-state index in [-0.39, 0.29) is 40.2 Å². The minimum absolute atomic E-state index is 0.0594. The van der Waals surface area contributed by atoms with Gasteiger partial charge in [-0.1, -0.05) is 11.3 Å². The van der Waals surface area contributed by atoms with E-state index < -0.39 is 28.8 Å². The van der Waals surface area contributed by atoms with Crippen LogP contribution in [0.3, 0.4) is 0 Å². The average Bonchev–Trinajstić information content (AvgIpc) is 3.29. The lowest BCUT2D eigenvalue weighted by Gasteiger charge is -2.14. The molecule has 1 fully saturated rings. The van der Waals surface area contributed by atoms with E-state index in [0.717, 1.165) is 6.07 Å². The summed E-state index contributed by atoms with van der Waals surface area (Å²) in [6, 6.07) is 6.24. The van der Waals surface area contributed by atoms with Crippen LogP contribution < -0.4 is 15.5 Å². The van der Waals surface area contributed by atoms with E-state index in [1.54, 1.807) is 0 Å². The highest BCUT2D eigenvalue weighted by Crippen LogP contribution is 2.28. The minimum atomic E-state index is -0.792. The van der Waals surface area contributed by atoms with E-state index in [2.05, 4.69) is 10.6 Å². The lowest BCUT2D eigenvalue weighted by molar-refractivity contribution is -0.380. The Kier molecular flexibility index (Phi) is 5.73. The Morgan fingerprint density at radius 2 is 2.14 bits per heavy atom. The third kappa shape index (κ3) is 4.66. The fourth-order valence-corrected chi connectivity index (χ4v) is 3.32. The molecule has 1 aromatic heterocycles. The summed E-state index contributed by atoms with van der Waals surface area (Å²) in [6.07, 6.45) is -1.24. The highest BCUT2D eigenvalue weighted by Gasteiger charge is 2.32. The van der Waals surface area contributed by atoms with Crippen LogP contribution in [-0.4, -0.2) is 42.0 Å². The van der Waals surface area contributed by atoms with Gasteiger partial charge in [0.2, 0.25) is 5.91 Å². The fourth-order valence-electron chi connectivity index (χ4n) is 2.60. The van der Waals surface area contributed by atoms with Crippen LogP contribution in [0.1, 0.15) is 16.6 Å². The van der Waals surface area contributed by atoms with Gasteiger partial charge in [0.05, 0.1) is 34.3 Å². The van der Waals surface area contributed by atoms with Crippen molar-refractivity contribution in [2.24, 2.45) is 0 Å². The molecule has 3 rings (SSSR count). The number of halogens is 1. The Morgan fingerprint density at radius 3 is 2.76 bits per heavy atom. The second-order valence-electron chi connectivity index (χ2n) is 6.07. The molecule has 0 saturated carbocycles. The second kappa shape index (κ2) is 8.22. The number of hydrogen-bond donors (Lipinski definition) is 2. The number of anilines is 2. The number of hydrogen-bond acceptors (Lipinski definition) is 7. The molecule has 1 saturated heterocycles. The van der Waals surface area contributed by atoms with Gasteiger partial charge >= 0.3 is 11.1 Å². The summed E-state index contributed by atoms with van der Waals surface area (Å²) in [6.45, 7) is 1.61. The summed E-state index contributed by atoms with van der Waals surface area (Å²) in [4.78, 5) is 46.5. The molecule has 12 heteroatoms. The molecular weight excluding hydrogens is 407 g/mol. The maximum absolute atomic E-state index is 14.4. The van der Waals surface area contributed by atoms with E-state index in [1.807, 2.05) is 0 Å². The normalized spacial score (nSPS) is 15.7. The Morgan fingerprint density at radius 1 is 1.38 bits per heavy atom. The van der Waals surface area contributed by atoms with Gasteiger partial charge in [-0.2, -0.15) is 0 Å². The molecule has 2 aromatic rings. The molecular formula is C17H15FN4O6S. The molecule has 152 valence electrons. The number of rotatable bonds is 6. The molecule has 1 aliphatic heterocycles. The van der Waals surface area contributed by atoms with Gasteiger partial charge in [-0.15, -0.1) is 0 Å². The zero-order valence-electron chi connectivity index (χ0n) is 15.0. The quantitative estimate of drug-likeness (QED) is 0.543. The van der Waals surface area contributed by atoms with Gasteiger partial charge in [-0.3, -0.25) is 24.6 Å². The molecule has 1 atom stereocenters. The molecule has 1 aromatic carbocycles. The van der Waals surface area contributed by atoms with Gasteiger partial charge in [0, 0.05) is 13.0 Å². The summed E-state index contributed by atoms with van der Waals surface area (Å²) in [5.41, 5.74) is 0.0831. The smallest absolute Gasteiger partial charge is 0.414 e. The van der Waals surface area contributed by atoms with Crippen LogP contribution in [0.2, 0.25) is 0 Å². The fraction of sp³-hybridized carbons (Fsp3) is 0.235. The van der Waals surface area contributed by atoms with Crippen molar-refractivity contribution in [2.75, 3.05) is 23.3 Å². The number of cyclic esters (lactones) is 1. The van der Waals surface area contributed by atoms with Gasteiger partial charge in [-0.05, 0) is 24.3 Å². The van der Waals surface area contributed by atoms with Crippen molar-refractivity contribution < 1.29 is 28.4 Å². The Balaban J connectivity index is 1.68. The monoisotopic (exact) mass is 422 g/mol. The first kappa shape index (κ1) is 20.2. The molecule has 0 unspecified atom stereocenters. The van der Waals surface area contributed by atoms with E-state index in [0.29, 0.717) is 11.3 Å². The summed E-state index contributed by atoms with van der Waals surface area (Å²) in [7, 11) is 0. The molecule has 10 nitrogen and oxygen atoms in total. The number of nitrogens with one attached hydrogen (secondary N) is 2. The van der Waals surface area contributed by atoms with E-state index in [9.17, 15) is 28.9 Å². The Labute approximate surface area is 167 Å². The standard InChI is InChI=1S/C17H15FN4O6S/c1-9(23)19-7-11-8-21(17(25)28-11)10-2-3-13(12(18)6-10)20-16(24)14-4-5-15(29-14)22(26)27/h2-6,11H,7-8H2,1H3,(H,19,23)(H,20,24)/t11-/m0/s1. The van der Waals surface area contributed by atoms with Crippen molar-refractivity contribution in [1.82, 2.24) is 5.32 Å². The van der Waals surface area contributed by atoms with E-state index in [4.69, 9.17) is 4.74 Å². The number of amides is 3. The molecule has 0 spiro atoms. The van der Waals surface area contributed by atoms with Gasteiger partial charge in [-0.25, -0.2) is 9.18 Å². The van der Waals surface area contributed by atoms with Gasteiger partial charge in [0.15, 0.2) is 0 Å². The van der Waals surface area contributed by atoms with Gasteiger partial charge < -0.3 is 15.4 Å². The van der Waals surface area contributed by atoms with Crippen molar-refractivity contribution in [1.29, 1.82) is 0 Å². The van der Waals surface area contributed by atoms with Crippen molar-refractivity contribution >= 4 is 45.6 Å². The van der Waals surface area contributed by atoms with Crippen molar-refractivity contribution in [3.05, 3.63) is 51.1 Å². The van der Waals surface area contributed by atoms with Crippen molar-refractivity contribution in [3.63, 3.8) is 0 Å². The molecule has 0 bridgehead atoms. The van der Waals surface area contributed by atoms with Crippen molar-refractivity contribution in [3.8, 4) is 0 Å². The minimum Gasteiger partial charge on any atom is -0.442 e. The van der Waals surface area contributed by atoms with Crippen LogP contribution in [0.5, 0.6) is 0 Å². The molecule has 1 aliphatic rings. The van der Waals surface area contributed by atoms with Gasteiger partial charge in [0.1, 0.15) is 11.9 Å². The lowest BCUT2D eigenvalue weighted by atomic mass is 10.2. The van der Waals surface area contributed by atoms with Crippen molar-refractivity contribution in [2.45, 2.75) is 13.0 Å². The topological polar surface area (TPSA) is 131 Å². The summed E-state index contributed by atoms with van der Waals surface area (Å²) < 4.78 is 19.6. The van der Waals surface area contributed by atoms with Crippen LogP contribution in [0, 0.1) is 15.9 Å². The summed E-state index contributed by atoms with van der Waals surface area (Å²) in [5.74, 6) is -1.74. The number of nitro groups is 1. The third-order valence-electron chi connectivity index (χ3n) is 3.96. The number of thiophene rings is 1. The highest BCUT2D eigenvalue weighted by atomic mass is 32.1. The number of carbonyl (C=O) groups is 3. The number of ether oxygens (including phenoxy) is 1. The Bertz CT molecular complexity index is 994. The van der Waals surface area contributed by atoms with Gasteiger partial charge in [0.25, 0.3) is 5.91 Å². The van der Waals surface area contributed by atoms with Crippen LogP contribution in [0.4, 0.5) is 25.6 Å². The first-order valence-corrected chi connectivity index (χ1v) is 9.14. The predicted octanol–water partition coefficient (Wildman–Crippen LogP) is 2.51. The second-order valence-corrected chi connectivity index (χ2v) is 7.13. The molecule has 2 heterocycles. The maximum atomic E-state index is 14.4. The molecule has 0 aliphatic carbocycles.